The SMILES string of the molecule is O=C(CN1CCOCC1)N1CCN(C(=O)c2ccc(NC3CC3)c([N+](=O)[O-])c2)CC1. The van der Waals surface area contributed by atoms with Gasteiger partial charge in [0.05, 0.1) is 24.7 Å². The molecule has 3 fully saturated rings. The maximum absolute atomic E-state index is 12.9. The Balaban J connectivity index is 1.34. The minimum atomic E-state index is -0.455. The molecule has 30 heavy (non-hydrogen) atoms. The van der Waals surface area contributed by atoms with E-state index >= 15 is 0 Å². The van der Waals surface area contributed by atoms with Gasteiger partial charge < -0.3 is 19.9 Å². The van der Waals surface area contributed by atoms with E-state index in [0.29, 0.717) is 57.2 Å². The predicted molar refractivity (Wildman–Crippen MR) is 109 cm³/mol. The maximum atomic E-state index is 12.9. The zero-order valence-corrected chi connectivity index (χ0v) is 16.9. The number of anilines is 1. The molecule has 0 spiro atoms. The molecule has 0 atom stereocenters. The number of ether oxygens (including phenoxy) is 1. The number of hydrogen-bond donors (Lipinski definition) is 1. The zero-order chi connectivity index (χ0) is 21.1. The average Bonchev–Trinajstić information content (AvgIpc) is 3.58. The number of rotatable bonds is 6. The third-order valence-electron chi connectivity index (χ3n) is 5.76. The van der Waals surface area contributed by atoms with Gasteiger partial charge in [0.2, 0.25) is 5.91 Å². The van der Waals surface area contributed by atoms with E-state index in [1.54, 1.807) is 21.9 Å². The van der Waals surface area contributed by atoms with Crippen LogP contribution in [0.4, 0.5) is 11.4 Å². The molecule has 1 aromatic rings. The summed E-state index contributed by atoms with van der Waals surface area (Å²) in [7, 11) is 0. The number of nitrogens with one attached hydrogen (secondary N) is 1. The lowest BCUT2D eigenvalue weighted by molar-refractivity contribution is -0.384. The first kappa shape index (κ1) is 20.5. The molecule has 0 radical (unpaired) electrons. The number of hydrogen-bond acceptors (Lipinski definition) is 7. The first-order valence-electron chi connectivity index (χ1n) is 10.4. The number of nitrogens with zero attached hydrogens (tertiary/aromatic N) is 4. The van der Waals surface area contributed by atoms with Crippen LogP contribution in [0.3, 0.4) is 0 Å². The van der Waals surface area contributed by atoms with Crippen molar-refractivity contribution >= 4 is 23.2 Å². The number of benzene rings is 1. The second-order valence-electron chi connectivity index (χ2n) is 7.97. The Hall–Kier alpha value is -2.72. The van der Waals surface area contributed by atoms with Crippen LogP contribution in [0.1, 0.15) is 23.2 Å². The fourth-order valence-corrected chi connectivity index (χ4v) is 3.78. The van der Waals surface area contributed by atoms with Crippen molar-refractivity contribution in [3.05, 3.63) is 33.9 Å². The Morgan fingerprint density at radius 3 is 2.37 bits per heavy atom. The molecule has 2 saturated heterocycles. The lowest BCUT2D eigenvalue weighted by Crippen LogP contribution is -2.53. The quantitative estimate of drug-likeness (QED) is 0.538. The second-order valence-corrected chi connectivity index (χ2v) is 7.97. The molecule has 0 unspecified atom stereocenters. The van der Waals surface area contributed by atoms with Crippen LogP contribution in [0.25, 0.3) is 0 Å². The molecule has 2 aliphatic heterocycles. The summed E-state index contributed by atoms with van der Waals surface area (Å²) >= 11 is 0. The van der Waals surface area contributed by atoms with E-state index in [1.807, 2.05) is 0 Å². The van der Waals surface area contributed by atoms with Crippen molar-refractivity contribution in [2.75, 3.05) is 64.3 Å². The van der Waals surface area contributed by atoms with Crippen LogP contribution in [0, 0.1) is 10.1 Å². The first-order chi connectivity index (χ1) is 14.5. The van der Waals surface area contributed by atoms with Gasteiger partial charge in [0.25, 0.3) is 11.6 Å². The fraction of sp³-hybridized carbons (Fsp3) is 0.600. The molecule has 0 bridgehead atoms. The van der Waals surface area contributed by atoms with Crippen LogP contribution in [-0.2, 0) is 9.53 Å². The number of nitro groups is 1. The third-order valence-corrected chi connectivity index (χ3v) is 5.76. The van der Waals surface area contributed by atoms with Crippen molar-refractivity contribution in [1.82, 2.24) is 14.7 Å². The smallest absolute Gasteiger partial charge is 0.293 e. The summed E-state index contributed by atoms with van der Waals surface area (Å²) in [6, 6.07) is 4.89. The summed E-state index contributed by atoms with van der Waals surface area (Å²) in [5.74, 6) is -0.175. The molecule has 0 aromatic heterocycles. The Morgan fingerprint density at radius 1 is 1.07 bits per heavy atom. The molecule has 162 valence electrons. The van der Waals surface area contributed by atoms with Crippen molar-refractivity contribution < 1.29 is 19.2 Å². The molecule has 10 heteroatoms. The van der Waals surface area contributed by atoms with Crippen LogP contribution in [0.2, 0.25) is 0 Å². The monoisotopic (exact) mass is 417 g/mol. The molecule has 1 N–H and O–H groups in total. The van der Waals surface area contributed by atoms with Crippen LogP contribution >= 0.6 is 0 Å². The van der Waals surface area contributed by atoms with Gasteiger partial charge in [0, 0.05) is 56.9 Å². The van der Waals surface area contributed by atoms with E-state index in [-0.39, 0.29) is 23.5 Å². The molecule has 10 nitrogen and oxygen atoms in total. The Morgan fingerprint density at radius 2 is 1.73 bits per heavy atom. The standard InChI is InChI=1S/C20H27N5O5/c26-19(14-22-9-11-30-12-10-22)23-5-7-24(8-6-23)20(27)15-1-4-17(21-16-2-3-16)18(13-15)25(28)29/h1,4,13,16,21H,2-3,5-12,14H2. The van der Waals surface area contributed by atoms with Crippen molar-refractivity contribution in [3.8, 4) is 0 Å². The maximum Gasteiger partial charge on any atom is 0.293 e. The number of morpholine rings is 1. The Kier molecular flexibility index (Phi) is 6.14. The zero-order valence-electron chi connectivity index (χ0n) is 16.9. The highest BCUT2D eigenvalue weighted by Gasteiger charge is 2.29. The van der Waals surface area contributed by atoms with Crippen molar-refractivity contribution in [2.24, 2.45) is 0 Å². The van der Waals surface area contributed by atoms with Gasteiger partial charge in [-0.15, -0.1) is 0 Å². The van der Waals surface area contributed by atoms with Crippen LogP contribution < -0.4 is 5.32 Å². The van der Waals surface area contributed by atoms with E-state index in [9.17, 15) is 19.7 Å². The van der Waals surface area contributed by atoms with Crippen LogP contribution in [0.5, 0.6) is 0 Å². The van der Waals surface area contributed by atoms with Crippen molar-refractivity contribution in [1.29, 1.82) is 0 Å². The number of piperazine rings is 1. The molecular weight excluding hydrogens is 390 g/mol. The van der Waals surface area contributed by atoms with Crippen molar-refractivity contribution in [2.45, 2.75) is 18.9 Å². The highest BCUT2D eigenvalue weighted by molar-refractivity contribution is 5.96. The highest BCUT2D eigenvalue weighted by Crippen LogP contribution is 2.31. The highest BCUT2D eigenvalue weighted by atomic mass is 16.6. The lowest BCUT2D eigenvalue weighted by Gasteiger charge is -2.36. The van der Waals surface area contributed by atoms with Crippen LogP contribution in [0.15, 0.2) is 18.2 Å². The van der Waals surface area contributed by atoms with Gasteiger partial charge in [-0.2, -0.15) is 0 Å². The van der Waals surface area contributed by atoms with E-state index in [1.165, 1.54) is 6.07 Å². The number of carbonyl (C=O) groups excluding carboxylic acids is 2. The van der Waals surface area contributed by atoms with Crippen molar-refractivity contribution in [3.63, 3.8) is 0 Å². The topological polar surface area (TPSA) is 108 Å². The summed E-state index contributed by atoms with van der Waals surface area (Å²) in [6.45, 7) is 4.97. The lowest BCUT2D eigenvalue weighted by atomic mass is 10.1. The Bertz CT molecular complexity index is 814. The molecule has 3 aliphatic rings. The van der Waals surface area contributed by atoms with E-state index in [4.69, 9.17) is 4.74 Å². The molecular formula is C20H27N5O5. The van der Waals surface area contributed by atoms with Gasteiger partial charge in [0.1, 0.15) is 5.69 Å². The molecule has 1 saturated carbocycles. The van der Waals surface area contributed by atoms with Gasteiger partial charge in [-0.05, 0) is 25.0 Å². The van der Waals surface area contributed by atoms with Gasteiger partial charge in [-0.3, -0.25) is 24.6 Å². The van der Waals surface area contributed by atoms with E-state index < -0.39 is 4.92 Å². The molecule has 1 aliphatic carbocycles. The third kappa shape index (κ3) is 4.88. The minimum Gasteiger partial charge on any atom is -0.379 e. The molecule has 2 amide bonds. The van der Waals surface area contributed by atoms with Gasteiger partial charge >= 0.3 is 0 Å². The summed E-state index contributed by atoms with van der Waals surface area (Å²) in [5.41, 5.74) is 0.681. The van der Waals surface area contributed by atoms with E-state index in [2.05, 4.69) is 10.2 Å². The summed E-state index contributed by atoms with van der Waals surface area (Å²) in [4.78, 5) is 41.9. The van der Waals surface area contributed by atoms with Gasteiger partial charge in [0.15, 0.2) is 0 Å². The summed E-state index contributed by atoms with van der Waals surface area (Å²) in [6.07, 6.45) is 2.01. The van der Waals surface area contributed by atoms with E-state index in [0.717, 1.165) is 25.9 Å². The summed E-state index contributed by atoms with van der Waals surface area (Å²) in [5, 5.41) is 14.6. The Labute approximate surface area is 174 Å². The molecule has 2 heterocycles. The normalized spacial score (nSPS) is 20.1. The fourth-order valence-electron chi connectivity index (χ4n) is 3.78. The average molecular weight is 417 g/mol. The largest absolute Gasteiger partial charge is 0.379 e. The minimum absolute atomic E-state index is 0.0649. The van der Waals surface area contributed by atoms with Crippen LogP contribution in [-0.4, -0.2) is 96.5 Å². The first-order valence-corrected chi connectivity index (χ1v) is 10.4. The van der Waals surface area contributed by atoms with Gasteiger partial charge in [-0.1, -0.05) is 0 Å². The molecule has 1 aromatic carbocycles. The number of nitro benzene ring substituents is 1. The number of carbonyl (C=O) groups is 2. The summed E-state index contributed by atoms with van der Waals surface area (Å²) < 4.78 is 5.30. The number of amides is 2. The van der Waals surface area contributed by atoms with Gasteiger partial charge in [-0.25, -0.2) is 0 Å². The molecule has 4 rings (SSSR count). The second kappa shape index (κ2) is 8.97. The predicted octanol–water partition coefficient (Wildman–Crippen LogP) is 0.786.